The van der Waals surface area contributed by atoms with Crippen molar-refractivity contribution in [2.24, 2.45) is 0 Å². The Hall–Kier alpha value is -3.82. The van der Waals surface area contributed by atoms with Crippen LogP contribution >= 0.6 is 27.3 Å². The van der Waals surface area contributed by atoms with Crippen molar-refractivity contribution in [3.05, 3.63) is 109 Å². The maximum absolute atomic E-state index is 13.8. The van der Waals surface area contributed by atoms with Crippen LogP contribution < -0.4 is 15.1 Å². The van der Waals surface area contributed by atoms with Crippen LogP contribution in [0.5, 0.6) is 11.5 Å². The average Bonchev–Trinajstić information content (AvgIpc) is 3.48. The molecule has 1 unspecified atom stereocenters. The second kappa shape index (κ2) is 9.00. The van der Waals surface area contributed by atoms with Crippen LogP contribution in [0.2, 0.25) is 0 Å². The van der Waals surface area contributed by atoms with Crippen molar-refractivity contribution in [1.29, 1.82) is 0 Å². The van der Waals surface area contributed by atoms with Gasteiger partial charge in [0.15, 0.2) is 5.43 Å². The van der Waals surface area contributed by atoms with Crippen LogP contribution in [0.1, 0.15) is 39.7 Å². The summed E-state index contributed by atoms with van der Waals surface area (Å²) in [5.41, 5.74) is 1.06. The molecule has 1 aliphatic rings. The molecule has 7 nitrogen and oxygen atoms in total. The summed E-state index contributed by atoms with van der Waals surface area (Å²) in [6.45, 7) is 1.97. The molecule has 0 aliphatic carbocycles. The van der Waals surface area contributed by atoms with Gasteiger partial charge in [0, 0.05) is 4.47 Å². The second-order valence-corrected chi connectivity index (χ2v) is 10.2. The Morgan fingerprint density at radius 1 is 1.00 bits per heavy atom. The Kier molecular flexibility index (Phi) is 5.66. The first kappa shape index (κ1) is 22.6. The van der Waals surface area contributed by atoms with Gasteiger partial charge in [0.25, 0.3) is 5.91 Å². The molecule has 3 heterocycles. The molecule has 1 aliphatic heterocycles. The van der Waals surface area contributed by atoms with Crippen molar-refractivity contribution in [2.75, 3.05) is 4.90 Å². The zero-order valence-electron chi connectivity index (χ0n) is 19.0. The molecular weight excluding hydrogens is 542 g/mol. The molecule has 0 radical (unpaired) electrons. The first-order valence-electron chi connectivity index (χ1n) is 11.3. The van der Waals surface area contributed by atoms with E-state index in [1.165, 1.54) is 16.2 Å². The lowest BCUT2D eigenvalue weighted by Gasteiger charge is -2.22. The highest BCUT2D eigenvalue weighted by Crippen LogP contribution is 2.43. The van der Waals surface area contributed by atoms with Gasteiger partial charge in [0.2, 0.25) is 10.9 Å². The van der Waals surface area contributed by atoms with E-state index in [4.69, 9.17) is 9.15 Å². The van der Waals surface area contributed by atoms with Crippen molar-refractivity contribution in [1.82, 2.24) is 10.2 Å². The number of halogens is 1. The summed E-state index contributed by atoms with van der Waals surface area (Å²) in [6.07, 6.45) is 0.687. The molecule has 0 N–H and O–H groups in total. The van der Waals surface area contributed by atoms with Crippen LogP contribution in [0.3, 0.4) is 0 Å². The number of aryl methyl sites for hydroxylation is 1. The molecule has 2 aromatic heterocycles. The van der Waals surface area contributed by atoms with E-state index in [0.717, 1.165) is 9.48 Å². The quantitative estimate of drug-likeness (QED) is 0.244. The summed E-state index contributed by atoms with van der Waals surface area (Å²) in [5.74, 6) is 0.855. The summed E-state index contributed by atoms with van der Waals surface area (Å²) in [5, 5.41) is 10.1. The summed E-state index contributed by atoms with van der Waals surface area (Å²) < 4.78 is 12.8. The van der Waals surface area contributed by atoms with Crippen LogP contribution in [0, 0.1) is 0 Å². The van der Waals surface area contributed by atoms with Crippen molar-refractivity contribution in [3.8, 4) is 11.5 Å². The predicted molar refractivity (Wildman–Crippen MR) is 141 cm³/mol. The van der Waals surface area contributed by atoms with Gasteiger partial charge in [-0.25, -0.2) is 0 Å². The molecule has 9 heteroatoms. The van der Waals surface area contributed by atoms with E-state index in [1.54, 1.807) is 18.2 Å². The Balaban J connectivity index is 1.55. The van der Waals surface area contributed by atoms with E-state index >= 15 is 0 Å². The minimum absolute atomic E-state index is 0.0162. The summed E-state index contributed by atoms with van der Waals surface area (Å²) in [6, 6.07) is 21.2. The SMILES string of the molecule is CCc1nnc(N2C(=O)c3oc4ccc(Br)cc4c(=O)c3C2c2cccc(Oc3ccccc3)c2)s1. The van der Waals surface area contributed by atoms with Crippen LogP contribution in [-0.2, 0) is 6.42 Å². The van der Waals surface area contributed by atoms with E-state index in [1.807, 2.05) is 61.5 Å². The fraction of sp³-hybridized carbons (Fsp3) is 0.111. The number of benzene rings is 3. The third-order valence-electron chi connectivity index (χ3n) is 5.95. The monoisotopic (exact) mass is 559 g/mol. The highest BCUT2D eigenvalue weighted by molar-refractivity contribution is 9.10. The molecule has 0 bridgehead atoms. The van der Waals surface area contributed by atoms with E-state index < -0.39 is 11.9 Å². The minimum atomic E-state index is -0.746. The van der Waals surface area contributed by atoms with Gasteiger partial charge in [-0.2, -0.15) is 0 Å². The number of fused-ring (bicyclic) bond motifs is 2. The Bertz CT molecular complexity index is 1680. The largest absolute Gasteiger partial charge is 0.457 e. The van der Waals surface area contributed by atoms with Gasteiger partial charge in [-0.3, -0.25) is 14.5 Å². The number of hydrogen-bond acceptors (Lipinski definition) is 7. The normalized spacial score (nSPS) is 14.9. The number of para-hydroxylation sites is 1. The Morgan fingerprint density at radius 3 is 2.58 bits per heavy atom. The standard InChI is InChI=1S/C27H18BrN3O4S/c1-2-21-29-30-27(36-21)31-23(15-7-6-10-18(13-15)34-17-8-4-3-5-9-17)22-24(32)19-14-16(28)11-12-20(19)35-25(22)26(31)33/h3-14,23H,2H2,1H3. The van der Waals surface area contributed by atoms with Crippen LogP contribution in [0.4, 0.5) is 5.13 Å². The van der Waals surface area contributed by atoms with Gasteiger partial charge in [-0.1, -0.05) is 64.5 Å². The van der Waals surface area contributed by atoms with Gasteiger partial charge in [0.05, 0.1) is 17.0 Å². The van der Waals surface area contributed by atoms with Crippen LogP contribution in [0.25, 0.3) is 11.0 Å². The first-order chi connectivity index (χ1) is 17.5. The summed E-state index contributed by atoms with van der Waals surface area (Å²) >= 11 is 4.75. The molecule has 0 saturated heterocycles. The van der Waals surface area contributed by atoms with Gasteiger partial charge < -0.3 is 9.15 Å². The molecule has 3 aromatic carbocycles. The van der Waals surface area contributed by atoms with E-state index in [0.29, 0.717) is 39.6 Å². The average molecular weight is 560 g/mol. The van der Waals surface area contributed by atoms with Gasteiger partial charge in [-0.05, 0) is 54.4 Å². The van der Waals surface area contributed by atoms with Gasteiger partial charge in [-0.15, -0.1) is 10.2 Å². The summed E-state index contributed by atoms with van der Waals surface area (Å²) in [4.78, 5) is 29.0. The Labute approximate surface area is 218 Å². The molecule has 178 valence electrons. The molecule has 36 heavy (non-hydrogen) atoms. The number of aromatic nitrogens is 2. The smallest absolute Gasteiger partial charge is 0.297 e. The second-order valence-electron chi connectivity index (χ2n) is 8.21. The van der Waals surface area contributed by atoms with Gasteiger partial charge >= 0.3 is 0 Å². The Morgan fingerprint density at radius 2 is 1.81 bits per heavy atom. The molecule has 0 spiro atoms. The van der Waals surface area contributed by atoms with Crippen molar-refractivity contribution in [2.45, 2.75) is 19.4 Å². The molecule has 1 amide bonds. The van der Waals surface area contributed by atoms with E-state index in [2.05, 4.69) is 26.1 Å². The number of rotatable bonds is 5. The number of amides is 1. The number of nitrogens with zero attached hydrogens (tertiary/aromatic N) is 3. The lowest BCUT2D eigenvalue weighted by Crippen LogP contribution is -2.29. The molecule has 0 fully saturated rings. The van der Waals surface area contributed by atoms with Gasteiger partial charge in [0.1, 0.15) is 22.1 Å². The maximum atomic E-state index is 13.8. The number of hydrogen-bond donors (Lipinski definition) is 0. The van der Waals surface area contributed by atoms with Crippen molar-refractivity contribution in [3.63, 3.8) is 0 Å². The molecule has 0 saturated carbocycles. The third-order valence-corrected chi connectivity index (χ3v) is 7.51. The topological polar surface area (TPSA) is 85.5 Å². The zero-order chi connectivity index (χ0) is 24.8. The first-order valence-corrected chi connectivity index (χ1v) is 12.9. The predicted octanol–water partition coefficient (Wildman–Crippen LogP) is 6.51. The fourth-order valence-electron chi connectivity index (χ4n) is 4.32. The minimum Gasteiger partial charge on any atom is -0.457 e. The molecule has 5 aromatic rings. The highest BCUT2D eigenvalue weighted by atomic mass is 79.9. The third kappa shape index (κ3) is 3.81. The van der Waals surface area contributed by atoms with Crippen LogP contribution in [0.15, 0.2) is 86.5 Å². The summed E-state index contributed by atoms with van der Waals surface area (Å²) in [7, 11) is 0. The van der Waals surface area contributed by atoms with Crippen LogP contribution in [-0.4, -0.2) is 16.1 Å². The lowest BCUT2D eigenvalue weighted by molar-refractivity contribution is 0.0970. The number of ether oxygens (including phenoxy) is 1. The van der Waals surface area contributed by atoms with E-state index in [-0.39, 0.29) is 16.8 Å². The number of carbonyl (C=O) groups is 1. The van der Waals surface area contributed by atoms with Crippen molar-refractivity contribution < 1.29 is 13.9 Å². The molecule has 1 atom stereocenters. The lowest BCUT2D eigenvalue weighted by atomic mass is 9.98. The van der Waals surface area contributed by atoms with E-state index in [9.17, 15) is 9.59 Å². The highest BCUT2D eigenvalue weighted by Gasteiger charge is 2.45. The zero-order valence-corrected chi connectivity index (χ0v) is 21.4. The molecular formula is C27H18BrN3O4S. The number of anilines is 1. The van der Waals surface area contributed by atoms with Crippen molar-refractivity contribution >= 4 is 49.3 Å². The maximum Gasteiger partial charge on any atom is 0.297 e. The molecule has 6 rings (SSSR count). The number of carbonyl (C=O) groups excluding carboxylic acids is 1. The fourth-order valence-corrected chi connectivity index (χ4v) is 5.48.